The van der Waals surface area contributed by atoms with Gasteiger partial charge >= 0.3 is 5.92 Å². The Balaban J connectivity index is 1.39. The number of amides is 1. The monoisotopic (exact) mass is 631 g/mol. The number of fused-ring (bicyclic) bond motifs is 1. The molecule has 44 heavy (non-hydrogen) atoms. The number of hydrogen-bond acceptors (Lipinski definition) is 8. The van der Waals surface area contributed by atoms with Crippen LogP contribution in [0.5, 0.6) is 0 Å². The molecule has 5 rings (SSSR count). The number of benzene rings is 1. The Morgan fingerprint density at radius 2 is 1.75 bits per heavy atom. The van der Waals surface area contributed by atoms with Crippen molar-refractivity contribution in [3.63, 3.8) is 0 Å². The predicted molar refractivity (Wildman–Crippen MR) is 162 cm³/mol. The molecule has 234 valence electrons. The number of ketones is 1. The molecule has 0 atom stereocenters. The minimum Gasteiger partial charge on any atom is -0.368 e. The molecule has 0 bridgehead atoms. The minimum absolute atomic E-state index is 0.0301. The topological polar surface area (TPSA) is 86.1 Å². The van der Waals surface area contributed by atoms with Crippen molar-refractivity contribution in [3.8, 4) is 11.3 Å². The Kier molecular flexibility index (Phi) is 9.20. The highest BCUT2D eigenvalue weighted by Gasteiger charge is 2.45. The molecule has 1 aromatic carbocycles. The van der Waals surface area contributed by atoms with Crippen molar-refractivity contribution in [2.24, 2.45) is 0 Å². The van der Waals surface area contributed by atoms with E-state index in [1.807, 2.05) is 29.7 Å². The Hall–Kier alpha value is -4.04. The van der Waals surface area contributed by atoms with Crippen LogP contribution in [0.4, 0.5) is 29.1 Å². The number of likely N-dealkylation sites (N-methyl/N-ethyl adjacent to an activating group) is 1. The van der Waals surface area contributed by atoms with Gasteiger partial charge in [0, 0.05) is 52.0 Å². The summed E-state index contributed by atoms with van der Waals surface area (Å²) < 4.78 is 58.5. The van der Waals surface area contributed by atoms with Crippen LogP contribution in [0.1, 0.15) is 22.5 Å². The Bertz CT molecular complexity index is 1650. The van der Waals surface area contributed by atoms with Crippen molar-refractivity contribution in [3.05, 3.63) is 64.0 Å². The number of aryl methyl sites for hydroxylation is 1. The molecule has 1 N–H and O–H groups in total. The lowest BCUT2D eigenvalue weighted by Gasteiger charge is -2.36. The van der Waals surface area contributed by atoms with Crippen LogP contribution in [0.3, 0.4) is 0 Å². The highest BCUT2D eigenvalue weighted by Crippen LogP contribution is 2.41. The number of carbonyl (C=O) groups excluding carboxylic acids is 2. The zero-order chi connectivity index (χ0) is 31.6. The van der Waals surface area contributed by atoms with Gasteiger partial charge in [-0.1, -0.05) is 6.92 Å². The average Bonchev–Trinajstić information content (AvgIpc) is 3.61. The standard InChI is InChI=1S/C30H33F4N7O2S/c1-4-22-29(41-17-21(9-10-24(41)36-22)40-13-11-39(12-14-40)18-26(43)38(2)3)35-16-25-37-27(19-5-7-20(32)8-6-19)28(44-25)30(33,34)23(42)15-31/h5-10,17,35H,4,11-16,18H2,1-3H3. The third kappa shape index (κ3) is 6.41. The lowest BCUT2D eigenvalue weighted by Crippen LogP contribution is -2.49. The molecule has 1 saturated heterocycles. The number of imidazole rings is 1. The van der Waals surface area contributed by atoms with Crippen molar-refractivity contribution < 1.29 is 27.2 Å². The van der Waals surface area contributed by atoms with Crippen molar-refractivity contribution >= 4 is 40.2 Å². The Labute approximate surface area is 256 Å². The first-order valence-corrected chi connectivity index (χ1v) is 15.0. The number of Topliss-reactive ketones (excluding diaryl/α,β-unsaturated/α-hetero) is 1. The van der Waals surface area contributed by atoms with Gasteiger partial charge in [0.2, 0.25) is 11.7 Å². The summed E-state index contributed by atoms with van der Waals surface area (Å²) in [5.41, 5.74) is 2.44. The SMILES string of the molecule is CCc1nc2ccc(N3CCN(CC(=O)N(C)C)CC3)cn2c1NCc1nc(-c2ccc(F)cc2)c(C(F)(F)C(=O)CF)s1. The lowest BCUT2D eigenvalue weighted by molar-refractivity contribution is -0.144. The van der Waals surface area contributed by atoms with Crippen LogP contribution in [-0.2, 0) is 28.5 Å². The van der Waals surface area contributed by atoms with Crippen molar-refractivity contribution in [2.75, 3.05) is 63.7 Å². The number of halogens is 4. The number of hydrogen-bond donors (Lipinski definition) is 1. The van der Waals surface area contributed by atoms with E-state index >= 15 is 8.78 Å². The van der Waals surface area contributed by atoms with Gasteiger partial charge in [0.1, 0.15) is 27.2 Å². The smallest absolute Gasteiger partial charge is 0.344 e. The molecule has 1 amide bonds. The number of rotatable bonds is 11. The van der Waals surface area contributed by atoms with Crippen LogP contribution in [-0.4, -0.2) is 89.4 Å². The summed E-state index contributed by atoms with van der Waals surface area (Å²) in [6, 6.07) is 8.72. The quantitative estimate of drug-likeness (QED) is 0.242. The lowest BCUT2D eigenvalue weighted by atomic mass is 10.1. The molecule has 0 spiro atoms. The van der Waals surface area contributed by atoms with E-state index in [0.29, 0.717) is 35.8 Å². The first kappa shape index (κ1) is 31.4. The third-order valence-corrected chi connectivity index (χ3v) is 8.68. The molecule has 0 aliphatic carbocycles. The second-order valence-corrected chi connectivity index (χ2v) is 11.8. The summed E-state index contributed by atoms with van der Waals surface area (Å²) in [7, 11) is 3.49. The highest BCUT2D eigenvalue weighted by atomic mass is 32.1. The molecule has 4 aromatic rings. The summed E-state index contributed by atoms with van der Waals surface area (Å²) in [6.07, 6.45) is 2.57. The molecule has 0 unspecified atom stereocenters. The second-order valence-electron chi connectivity index (χ2n) is 10.7. The van der Waals surface area contributed by atoms with Gasteiger partial charge in [-0.05, 0) is 42.8 Å². The van der Waals surface area contributed by atoms with E-state index in [9.17, 15) is 18.4 Å². The van der Waals surface area contributed by atoms with Crippen molar-refractivity contribution in [2.45, 2.75) is 25.8 Å². The number of carbonyl (C=O) groups is 2. The molecule has 1 fully saturated rings. The van der Waals surface area contributed by atoms with Gasteiger partial charge in [-0.2, -0.15) is 8.78 Å². The molecule has 4 heterocycles. The first-order valence-electron chi connectivity index (χ1n) is 14.2. The molecule has 0 radical (unpaired) electrons. The largest absolute Gasteiger partial charge is 0.368 e. The van der Waals surface area contributed by atoms with Gasteiger partial charge in [-0.25, -0.2) is 18.7 Å². The number of thiazole rings is 1. The summed E-state index contributed by atoms with van der Waals surface area (Å²) in [6.45, 7) is 3.51. The van der Waals surface area contributed by atoms with Crippen molar-refractivity contribution in [1.82, 2.24) is 24.2 Å². The number of aromatic nitrogens is 3. The van der Waals surface area contributed by atoms with E-state index in [-0.39, 0.29) is 28.7 Å². The zero-order valence-corrected chi connectivity index (χ0v) is 25.4. The fourth-order valence-corrected chi connectivity index (χ4v) is 6.05. The minimum atomic E-state index is -4.09. The Morgan fingerprint density at radius 1 is 1.05 bits per heavy atom. The van der Waals surface area contributed by atoms with Crippen LogP contribution < -0.4 is 10.2 Å². The number of anilines is 2. The summed E-state index contributed by atoms with van der Waals surface area (Å²) in [5.74, 6) is -5.77. The normalized spacial score (nSPS) is 14.3. The molecule has 1 aliphatic rings. The van der Waals surface area contributed by atoms with Crippen LogP contribution in [0.2, 0.25) is 0 Å². The van der Waals surface area contributed by atoms with Crippen LogP contribution in [0.15, 0.2) is 42.6 Å². The maximum Gasteiger partial charge on any atom is 0.344 e. The van der Waals surface area contributed by atoms with Crippen LogP contribution >= 0.6 is 11.3 Å². The van der Waals surface area contributed by atoms with E-state index in [0.717, 1.165) is 49.7 Å². The number of pyridine rings is 1. The summed E-state index contributed by atoms with van der Waals surface area (Å²) >= 11 is 0.607. The fraction of sp³-hybridized carbons (Fsp3) is 0.400. The van der Waals surface area contributed by atoms with Crippen LogP contribution in [0, 0.1) is 5.82 Å². The van der Waals surface area contributed by atoms with E-state index in [1.165, 1.54) is 12.1 Å². The maximum atomic E-state index is 15.0. The third-order valence-electron chi connectivity index (χ3n) is 7.56. The van der Waals surface area contributed by atoms with E-state index in [1.54, 1.807) is 19.0 Å². The molecule has 0 saturated carbocycles. The van der Waals surface area contributed by atoms with Crippen LogP contribution in [0.25, 0.3) is 16.9 Å². The number of nitrogens with zero attached hydrogens (tertiary/aromatic N) is 6. The molecular formula is C30H33F4N7O2S. The van der Waals surface area contributed by atoms with Crippen molar-refractivity contribution in [1.29, 1.82) is 0 Å². The predicted octanol–water partition coefficient (Wildman–Crippen LogP) is 4.61. The fourth-order valence-electron chi connectivity index (χ4n) is 5.03. The molecule has 14 heteroatoms. The molecule has 1 aliphatic heterocycles. The molecule has 3 aromatic heterocycles. The van der Waals surface area contributed by atoms with Gasteiger partial charge in [-0.15, -0.1) is 11.3 Å². The van der Waals surface area contributed by atoms with Gasteiger partial charge < -0.3 is 15.1 Å². The zero-order valence-electron chi connectivity index (χ0n) is 24.6. The van der Waals surface area contributed by atoms with Gasteiger partial charge in [-0.3, -0.25) is 18.9 Å². The maximum absolute atomic E-state index is 15.0. The number of alkyl halides is 3. The van der Waals surface area contributed by atoms with Gasteiger partial charge in [0.05, 0.1) is 30.2 Å². The second kappa shape index (κ2) is 12.9. The Morgan fingerprint density at radius 3 is 2.39 bits per heavy atom. The number of piperazine rings is 1. The van der Waals surface area contributed by atoms with Gasteiger partial charge in [0.25, 0.3) is 0 Å². The van der Waals surface area contributed by atoms with Gasteiger partial charge in [0.15, 0.2) is 6.67 Å². The number of nitrogens with one attached hydrogen (secondary N) is 1. The molecular weight excluding hydrogens is 598 g/mol. The summed E-state index contributed by atoms with van der Waals surface area (Å²) in [4.78, 5) is 38.3. The van der Waals surface area contributed by atoms with E-state index < -0.39 is 29.1 Å². The molecule has 9 nitrogen and oxygen atoms in total. The summed E-state index contributed by atoms with van der Waals surface area (Å²) in [5, 5.41) is 3.52. The average molecular weight is 632 g/mol. The van der Waals surface area contributed by atoms with E-state index in [4.69, 9.17) is 4.98 Å². The van der Waals surface area contributed by atoms with E-state index in [2.05, 4.69) is 20.1 Å². The first-order chi connectivity index (χ1) is 21.0. The highest BCUT2D eigenvalue weighted by molar-refractivity contribution is 7.12.